The Hall–Kier alpha value is -0.840. The van der Waals surface area contributed by atoms with E-state index in [4.69, 9.17) is 9.47 Å². The van der Waals surface area contributed by atoms with Gasteiger partial charge in [0.15, 0.2) is 0 Å². The van der Waals surface area contributed by atoms with Gasteiger partial charge in [-0.25, -0.2) is 0 Å². The number of nitrogens with one attached hydrogen (secondary N) is 1. The molecule has 0 amide bonds. The van der Waals surface area contributed by atoms with Crippen LogP contribution in [0.2, 0.25) is 0 Å². The monoisotopic (exact) mass is 280 g/mol. The predicted molar refractivity (Wildman–Crippen MR) is 81.1 cm³/mol. The van der Waals surface area contributed by atoms with Gasteiger partial charge < -0.3 is 19.4 Å². The molecular weight excluding hydrogens is 252 g/mol. The van der Waals surface area contributed by atoms with Crippen molar-refractivity contribution in [2.75, 3.05) is 33.5 Å². The average molecular weight is 280 g/mol. The van der Waals surface area contributed by atoms with Crippen LogP contribution in [0.3, 0.4) is 0 Å². The van der Waals surface area contributed by atoms with Crippen molar-refractivity contribution in [3.05, 3.63) is 23.5 Å². The summed E-state index contributed by atoms with van der Waals surface area (Å²) in [6.07, 6.45) is 9.73. The van der Waals surface area contributed by atoms with E-state index >= 15 is 0 Å². The molecule has 4 heteroatoms. The van der Waals surface area contributed by atoms with Crippen molar-refractivity contribution in [2.24, 2.45) is 0 Å². The molecule has 1 aromatic rings. The number of ether oxygens (including phenoxy) is 2. The van der Waals surface area contributed by atoms with Crippen molar-refractivity contribution >= 4 is 0 Å². The second kappa shape index (κ2) is 8.45. The van der Waals surface area contributed by atoms with E-state index in [-0.39, 0.29) is 0 Å². The first-order chi connectivity index (χ1) is 9.85. The molecule has 1 heterocycles. The van der Waals surface area contributed by atoms with Crippen LogP contribution in [0.15, 0.2) is 12.4 Å². The molecule has 4 nitrogen and oxygen atoms in total. The van der Waals surface area contributed by atoms with E-state index in [1.165, 1.54) is 36.8 Å². The molecule has 1 aromatic heterocycles. The Morgan fingerprint density at radius 3 is 2.95 bits per heavy atom. The van der Waals surface area contributed by atoms with Crippen LogP contribution in [0.1, 0.15) is 43.4 Å². The summed E-state index contributed by atoms with van der Waals surface area (Å²) in [5.41, 5.74) is 3.02. The Morgan fingerprint density at radius 2 is 2.15 bits per heavy atom. The first kappa shape index (κ1) is 15.5. The third kappa shape index (κ3) is 4.33. The molecule has 1 aliphatic carbocycles. The summed E-state index contributed by atoms with van der Waals surface area (Å²) in [4.78, 5) is 0. The second-order valence-corrected chi connectivity index (χ2v) is 5.44. The van der Waals surface area contributed by atoms with E-state index in [9.17, 15) is 0 Å². The molecule has 0 radical (unpaired) electrons. The summed E-state index contributed by atoms with van der Waals surface area (Å²) in [6, 6.07) is 0.535. The Balaban J connectivity index is 1.91. The van der Waals surface area contributed by atoms with Crippen LogP contribution in [0.5, 0.6) is 0 Å². The van der Waals surface area contributed by atoms with Gasteiger partial charge in [-0.15, -0.1) is 0 Å². The lowest BCUT2D eigenvalue weighted by Crippen LogP contribution is -2.20. The average Bonchev–Trinajstić information content (AvgIpc) is 2.76. The van der Waals surface area contributed by atoms with Crippen molar-refractivity contribution in [3.8, 4) is 0 Å². The topological polar surface area (TPSA) is 35.4 Å². The van der Waals surface area contributed by atoms with Gasteiger partial charge in [0.1, 0.15) is 0 Å². The SMILES string of the molecule is CCNC1CCCCc2cn(CCOCCOC)cc21. The maximum Gasteiger partial charge on any atom is 0.0701 e. The molecule has 20 heavy (non-hydrogen) atoms. The fourth-order valence-corrected chi connectivity index (χ4v) is 2.92. The maximum absolute atomic E-state index is 5.55. The van der Waals surface area contributed by atoms with Gasteiger partial charge in [-0.3, -0.25) is 0 Å². The Morgan fingerprint density at radius 1 is 1.25 bits per heavy atom. The predicted octanol–water partition coefficient (Wildman–Crippen LogP) is 2.53. The third-order valence-electron chi connectivity index (χ3n) is 3.94. The fraction of sp³-hybridized carbons (Fsp3) is 0.750. The van der Waals surface area contributed by atoms with Gasteiger partial charge in [0.25, 0.3) is 0 Å². The number of aryl methyl sites for hydroxylation is 1. The number of aromatic nitrogens is 1. The third-order valence-corrected chi connectivity index (χ3v) is 3.94. The van der Waals surface area contributed by atoms with Crippen molar-refractivity contribution in [1.29, 1.82) is 0 Å². The second-order valence-electron chi connectivity index (χ2n) is 5.44. The van der Waals surface area contributed by atoms with Crippen LogP contribution in [0.4, 0.5) is 0 Å². The highest BCUT2D eigenvalue weighted by atomic mass is 16.5. The highest BCUT2D eigenvalue weighted by Crippen LogP contribution is 2.29. The van der Waals surface area contributed by atoms with E-state index in [1.807, 2.05) is 0 Å². The van der Waals surface area contributed by atoms with Crippen molar-refractivity contribution in [2.45, 2.75) is 45.2 Å². The number of hydrogen-bond donors (Lipinski definition) is 1. The van der Waals surface area contributed by atoms with Gasteiger partial charge >= 0.3 is 0 Å². The molecule has 0 aromatic carbocycles. The lowest BCUT2D eigenvalue weighted by atomic mass is 10.0. The zero-order chi connectivity index (χ0) is 14.2. The first-order valence-corrected chi connectivity index (χ1v) is 7.83. The first-order valence-electron chi connectivity index (χ1n) is 7.83. The summed E-state index contributed by atoms with van der Waals surface area (Å²) in [5, 5.41) is 3.62. The number of fused-ring (bicyclic) bond motifs is 1. The largest absolute Gasteiger partial charge is 0.382 e. The normalized spacial score (nSPS) is 18.8. The maximum atomic E-state index is 5.55. The van der Waals surface area contributed by atoms with E-state index in [0.717, 1.165) is 19.7 Å². The van der Waals surface area contributed by atoms with Gasteiger partial charge in [0.05, 0.1) is 19.8 Å². The Bertz CT molecular complexity index is 390. The van der Waals surface area contributed by atoms with Gasteiger partial charge in [-0.05, 0) is 36.9 Å². The summed E-state index contributed by atoms with van der Waals surface area (Å²) >= 11 is 0. The van der Waals surface area contributed by atoms with E-state index < -0.39 is 0 Å². The minimum atomic E-state index is 0.535. The van der Waals surface area contributed by atoms with Crippen LogP contribution >= 0.6 is 0 Å². The summed E-state index contributed by atoms with van der Waals surface area (Å²) < 4.78 is 12.8. The van der Waals surface area contributed by atoms with E-state index in [0.29, 0.717) is 19.3 Å². The molecule has 0 saturated heterocycles. The van der Waals surface area contributed by atoms with E-state index in [1.54, 1.807) is 7.11 Å². The smallest absolute Gasteiger partial charge is 0.0701 e. The zero-order valence-corrected chi connectivity index (χ0v) is 12.9. The Kier molecular flexibility index (Phi) is 6.57. The number of nitrogens with zero attached hydrogens (tertiary/aromatic N) is 1. The molecule has 114 valence electrons. The lowest BCUT2D eigenvalue weighted by Gasteiger charge is -2.15. The molecule has 0 aliphatic heterocycles. The van der Waals surface area contributed by atoms with Crippen LogP contribution < -0.4 is 5.32 Å². The highest BCUT2D eigenvalue weighted by Gasteiger charge is 2.19. The molecule has 1 N–H and O–H groups in total. The molecule has 2 rings (SSSR count). The molecule has 0 bridgehead atoms. The van der Waals surface area contributed by atoms with Crippen LogP contribution in [0, 0.1) is 0 Å². The van der Waals surface area contributed by atoms with Crippen LogP contribution in [-0.4, -0.2) is 38.0 Å². The van der Waals surface area contributed by atoms with E-state index in [2.05, 4.69) is 29.2 Å². The summed E-state index contributed by atoms with van der Waals surface area (Å²) in [5.74, 6) is 0. The highest BCUT2D eigenvalue weighted by molar-refractivity contribution is 5.29. The Labute approximate surface area is 122 Å². The minimum Gasteiger partial charge on any atom is -0.382 e. The van der Waals surface area contributed by atoms with Gasteiger partial charge in [-0.1, -0.05) is 13.3 Å². The van der Waals surface area contributed by atoms with Crippen molar-refractivity contribution < 1.29 is 9.47 Å². The summed E-state index contributed by atoms with van der Waals surface area (Å²) in [7, 11) is 1.70. The molecule has 0 spiro atoms. The van der Waals surface area contributed by atoms with Gasteiger partial charge in [0.2, 0.25) is 0 Å². The van der Waals surface area contributed by atoms with Crippen molar-refractivity contribution in [3.63, 3.8) is 0 Å². The summed E-state index contributed by atoms with van der Waals surface area (Å²) in [6.45, 7) is 6.25. The molecule has 1 aliphatic rings. The van der Waals surface area contributed by atoms with Gasteiger partial charge in [0, 0.05) is 32.1 Å². The number of methoxy groups -OCH3 is 1. The molecule has 1 atom stereocenters. The quantitative estimate of drug-likeness (QED) is 0.587. The van der Waals surface area contributed by atoms with Crippen molar-refractivity contribution in [1.82, 2.24) is 9.88 Å². The number of rotatable bonds is 8. The zero-order valence-electron chi connectivity index (χ0n) is 12.9. The van der Waals surface area contributed by atoms with Gasteiger partial charge in [-0.2, -0.15) is 0 Å². The number of hydrogen-bond acceptors (Lipinski definition) is 3. The van der Waals surface area contributed by atoms with Crippen LogP contribution in [0.25, 0.3) is 0 Å². The molecule has 1 unspecified atom stereocenters. The molecular formula is C16H28N2O2. The fourth-order valence-electron chi connectivity index (χ4n) is 2.92. The lowest BCUT2D eigenvalue weighted by molar-refractivity contribution is 0.0666. The standard InChI is InChI=1S/C16H28N2O2/c1-3-17-16-7-5-4-6-14-12-18(13-15(14)16)8-9-20-11-10-19-2/h12-13,16-17H,3-11H2,1-2H3. The molecule has 0 fully saturated rings. The minimum absolute atomic E-state index is 0.535. The van der Waals surface area contributed by atoms with Crippen LogP contribution in [-0.2, 0) is 22.4 Å². The molecule has 0 saturated carbocycles.